The van der Waals surface area contributed by atoms with Crippen LogP contribution in [0.3, 0.4) is 0 Å². The highest BCUT2D eigenvalue weighted by Crippen LogP contribution is 2.25. The van der Waals surface area contributed by atoms with Gasteiger partial charge in [-0.05, 0) is 37.8 Å². The Hall–Kier alpha value is -2.18. The van der Waals surface area contributed by atoms with Crippen molar-refractivity contribution in [1.29, 1.82) is 0 Å². The second kappa shape index (κ2) is 9.34. The molecule has 28 heavy (non-hydrogen) atoms. The lowest BCUT2D eigenvalue weighted by Crippen LogP contribution is -2.43. The van der Waals surface area contributed by atoms with Gasteiger partial charge < -0.3 is 15.3 Å². The second-order valence-corrected chi connectivity index (χ2v) is 7.92. The molecule has 4 rings (SSSR count). The summed E-state index contributed by atoms with van der Waals surface area (Å²) in [4.78, 5) is 13.7. The third-order valence-corrected chi connectivity index (χ3v) is 6.03. The summed E-state index contributed by atoms with van der Waals surface area (Å²) in [6.45, 7) is 4.20. The first-order chi connectivity index (χ1) is 13.8. The number of rotatable bonds is 7. The van der Waals surface area contributed by atoms with Crippen LogP contribution < -0.4 is 10.2 Å². The number of piperidine rings is 1. The van der Waals surface area contributed by atoms with Crippen molar-refractivity contribution in [2.75, 3.05) is 36.5 Å². The number of hydrogen-bond donors (Lipinski definition) is 2. The summed E-state index contributed by atoms with van der Waals surface area (Å²) in [6, 6.07) is 13.5. The maximum atomic E-state index is 9.58. The molecule has 0 amide bonds. The van der Waals surface area contributed by atoms with Crippen LogP contribution in [0.4, 0.5) is 11.6 Å². The van der Waals surface area contributed by atoms with Crippen molar-refractivity contribution in [3.05, 3.63) is 48.3 Å². The highest BCUT2D eigenvalue weighted by Gasteiger charge is 2.26. The summed E-state index contributed by atoms with van der Waals surface area (Å²) in [5, 5.41) is 13.1. The molecule has 2 aliphatic rings. The number of nitrogens with zero attached hydrogens (tertiary/aromatic N) is 4. The standard InChI is InChI=1S/C22H31N5O/c28-16-20-10-6-12-27(20)22-13-21(24-17-25-22)23-14-19-9-4-5-11-26(19)15-18-7-2-1-3-8-18/h1-3,7-8,13,17,19-20,28H,4-6,9-12,14-16H2,(H,23,24,25). The van der Waals surface area contributed by atoms with E-state index in [1.54, 1.807) is 6.33 Å². The number of aromatic nitrogens is 2. The first-order valence-corrected chi connectivity index (χ1v) is 10.5. The van der Waals surface area contributed by atoms with Crippen LogP contribution >= 0.6 is 0 Å². The Balaban J connectivity index is 1.38. The van der Waals surface area contributed by atoms with Gasteiger partial charge >= 0.3 is 0 Å². The predicted molar refractivity (Wildman–Crippen MR) is 112 cm³/mol. The highest BCUT2D eigenvalue weighted by molar-refractivity contribution is 5.50. The SMILES string of the molecule is OCC1CCCN1c1cc(NCC2CCCCN2Cc2ccccc2)ncn1. The molecule has 2 aromatic rings. The van der Waals surface area contributed by atoms with Crippen molar-refractivity contribution >= 4 is 11.6 Å². The fourth-order valence-electron chi connectivity index (χ4n) is 4.47. The van der Waals surface area contributed by atoms with Gasteiger partial charge in [0.2, 0.25) is 0 Å². The van der Waals surface area contributed by atoms with Gasteiger partial charge in [0, 0.05) is 31.7 Å². The molecule has 0 radical (unpaired) electrons. The average Bonchev–Trinajstić information content (AvgIpc) is 3.23. The van der Waals surface area contributed by atoms with E-state index in [1.165, 1.54) is 24.8 Å². The molecular weight excluding hydrogens is 350 g/mol. The van der Waals surface area contributed by atoms with E-state index < -0.39 is 0 Å². The third kappa shape index (κ3) is 4.62. The Morgan fingerprint density at radius 3 is 2.71 bits per heavy atom. The van der Waals surface area contributed by atoms with Crippen molar-refractivity contribution in [3.63, 3.8) is 0 Å². The number of aliphatic hydroxyl groups is 1. The van der Waals surface area contributed by atoms with E-state index in [2.05, 4.69) is 55.4 Å². The van der Waals surface area contributed by atoms with E-state index in [9.17, 15) is 5.11 Å². The monoisotopic (exact) mass is 381 g/mol. The molecule has 0 aliphatic carbocycles. The fraction of sp³-hybridized carbons (Fsp3) is 0.545. The zero-order valence-electron chi connectivity index (χ0n) is 16.5. The molecule has 6 nitrogen and oxygen atoms in total. The normalized spacial score (nSPS) is 23.1. The molecule has 0 spiro atoms. The first-order valence-electron chi connectivity index (χ1n) is 10.5. The van der Waals surface area contributed by atoms with Crippen molar-refractivity contribution < 1.29 is 5.11 Å². The van der Waals surface area contributed by atoms with Crippen LogP contribution in [-0.2, 0) is 6.54 Å². The largest absolute Gasteiger partial charge is 0.394 e. The van der Waals surface area contributed by atoms with Gasteiger partial charge in [-0.2, -0.15) is 0 Å². The van der Waals surface area contributed by atoms with Gasteiger partial charge in [0.15, 0.2) is 0 Å². The Labute approximate surface area is 167 Å². The fourth-order valence-corrected chi connectivity index (χ4v) is 4.47. The summed E-state index contributed by atoms with van der Waals surface area (Å²) in [6.07, 6.45) is 7.55. The minimum atomic E-state index is 0.183. The molecule has 6 heteroatoms. The van der Waals surface area contributed by atoms with Crippen LogP contribution in [0.1, 0.15) is 37.7 Å². The summed E-state index contributed by atoms with van der Waals surface area (Å²) >= 11 is 0. The summed E-state index contributed by atoms with van der Waals surface area (Å²) < 4.78 is 0. The predicted octanol–water partition coefficient (Wildman–Crippen LogP) is 2.90. The van der Waals surface area contributed by atoms with E-state index in [0.29, 0.717) is 6.04 Å². The maximum absolute atomic E-state index is 9.58. The lowest BCUT2D eigenvalue weighted by molar-refractivity contribution is 0.148. The van der Waals surface area contributed by atoms with Crippen LogP contribution in [-0.4, -0.2) is 58.3 Å². The van der Waals surface area contributed by atoms with Crippen molar-refractivity contribution in [3.8, 4) is 0 Å². The quantitative estimate of drug-likeness (QED) is 0.769. The molecule has 0 saturated carbocycles. The van der Waals surface area contributed by atoms with Gasteiger partial charge in [-0.1, -0.05) is 36.8 Å². The average molecular weight is 382 g/mol. The third-order valence-electron chi connectivity index (χ3n) is 6.03. The summed E-state index contributed by atoms with van der Waals surface area (Å²) in [5.74, 6) is 1.79. The molecule has 2 saturated heterocycles. The van der Waals surface area contributed by atoms with E-state index in [-0.39, 0.29) is 12.6 Å². The Bertz CT molecular complexity index is 741. The summed E-state index contributed by atoms with van der Waals surface area (Å²) in [5.41, 5.74) is 1.38. The molecule has 2 fully saturated rings. The number of nitrogens with one attached hydrogen (secondary N) is 1. The van der Waals surface area contributed by atoms with Gasteiger partial charge in [-0.25, -0.2) is 9.97 Å². The lowest BCUT2D eigenvalue weighted by Gasteiger charge is -2.36. The minimum Gasteiger partial charge on any atom is -0.394 e. The Morgan fingerprint density at radius 2 is 1.86 bits per heavy atom. The maximum Gasteiger partial charge on any atom is 0.134 e. The van der Waals surface area contributed by atoms with E-state index in [1.807, 2.05) is 6.07 Å². The van der Waals surface area contributed by atoms with Crippen LogP contribution in [0.15, 0.2) is 42.7 Å². The van der Waals surface area contributed by atoms with Crippen LogP contribution in [0.25, 0.3) is 0 Å². The molecule has 2 aliphatic heterocycles. The molecule has 3 heterocycles. The molecule has 2 atom stereocenters. The van der Waals surface area contributed by atoms with Crippen molar-refractivity contribution in [2.45, 2.75) is 50.7 Å². The van der Waals surface area contributed by atoms with Gasteiger partial charge in [0.1, 0.15) is 18.0 Å². The molecule has 1 aromatic heterocycles. The number of likely N-dealkylation sites (tertiary alicyclic amines) is 1. The molecule has 2 unspecified atom stereocenters. The first kappa shape index (κ1) is 19.2. The number of hydrogen-bond acceptors (Lipinski definition) is 6. The van der Waals surface area contributed by atoms with Gasteiger partial charge in [0.25, 0.3) is 0 Å². The second-order valence-electron chi connectivity index (χ2n) is 7.92. The number of aliphatic hydroxyl groups excluding tert-OH is 1. The minimum absolute atomic E-state index is 0.183. The van der Waals surface area contributed by atoms with Gasteiger partial charge in [-0.3, -0.25) is 4.90 Å². The van der Waals surface area contributed by atoms with E-state index in [4.69, 9.17) is 0 Å². The van der Waals surface area contributed by atoms with E-state index in [0.717, 1.165) is 50.7 Å². The Morgan fingerprint density at radius 1 is 1.00 bits per heavy atom. The molecule has 150 valence electrons. The lowest BCUT2D eigenvalue weighted by atomic mass is 10.0. The van der Waals surface area contributed by atoms with Crippen molar-refractivity contribution in [1.82, 2.24) is 14.9 Å². The van der Waals surface area contributed by atoms with E-state index >= 15 is 0 Å². The van der Waals surface area contributed by atoms with Gasteiger partial charge in [0.05, 0.1) is 12.6 Å². The number of anilines is 2. The zero-order chi connectivity index (χ0) is 19.2. The van der Waals surface area contributed by atoms with Gasteiger partial charge in [-0.15, -0.1) is 0 Å². The highest BCUT2D eigenvalue weighted by atomic mass is 16.3. The molecule has 1 aromatic carbocycles. The van der Waals surface area contributed by atoms with Crippen molar-refractivity contribution in [2.24, 2.45) is 0 Å². The smallest absolute Gasteiger partial charge is 0.134 e. The number of benzene rings is 1. The van der Waals surface area contributed by atoms with Crippen LogP contribution in [0, 0.1) is 0 Å². The topological polar surface area (TPSA) is 64.5 Å². The Kier molecular flexibility index (Phi) is 6.39. The zero-order valence-corrected chi connectivity index (χ0v) is 16.5. The van der Waals surface area contributed by atoms with Crippen LogP contribution in [0.2, 0.25) is 0 Å². The molecular formula is C22H31N5O. The molecule has 2 N–H and O–H groups in total. The molecule has 0 bridgehead atoms. The summed E-state index contributed by atoms with van der Waals surface area (Å²) in [7, 11) is 0. The van der Waals surface area contributed by atoms with Crippen LogP contribution in [0.5, 0.6) is 0 Å².